The Morgan fingerprint density at radius 1 is 1.19 bits per heavy atom. The van der Waals surface area contributed by atoms with Gasteiger partial charge in [0.15, 0.2) is 0 Å². The van der Waals surface area contributed by atoms with Crippen LogP contribution in [0.1, 0.15) is 31.0 Å². The minimum absolute atomic E-state index is 0.197. The van der Waals surface area contributed by atoms with Crippen molar-refractivity contribution < 1.29 is 19.1 Å². The monoisotopic (exact) mass is 356 g/mol. The summed E-state index contributed by atoms with van der Waals surface area (Å²) in [4.78, 5) is 28.2. The van der Waals surface area contributed by atoms with E-state index in [0.717, 1.165) is 11.3 Å². The number of nitrogens with one attached hydrogen (secondary N) is 1. The molecule has 0 fully saturated rings. The molecule has 138 valence electrons. The van der Waals surface area contributed by atoms with E-state index in [-0.39, 0.29) is 13.0 Å². The first-order valence-electron chi connectivity index (χ1n) is 8.64. The highest BCUT2D eigenvalue weighted by Gasteiger charge is 2.14. The van der Waals surface area contributed by atoms with Crippen molar-refractivity contribution in [2.75, 3.05) is 13.7 Å². The number of carbonyl (C=O) groups excluding carboxylic acids is 2. The summed E-state index contributed by atoms with van der Waals surface area (Å²) in [5.74, 6) is 0.302. The number of Topliss-reactive ketones (excluding diaryl/α,β-unsaturated/α-hetero) is 1. The van der Waals surface area contributed by atoms with Crippen LogP contribution in [0.2, 0.25) is 0 Å². The number of ketones is 1. The van der Waals surface area contributed by atoms with E-state index in [1.54, 1.807) is 19.4 Å². The van der Waals surface area contributed by atoms with Crippen LogP contribution in [0.4, 0.5) is 0 Å². The van der Waals surface area contributed by atoms with Gasteiger partial charge in [-0.3, -0.25) is 14.6 Å². The quantitative estimate of drug-likeness (QED) is 0.662. The van der Waals surface area contributed by atoms with E-state index in [9.17, 15) is 9.59 Å². The minimum Gasteiger partial charge on any atom is -0.496 e. The lowest BCUT2D eigenvalue weighted by Gasteiger charge is -2.11. The van der Waals surface area contributed by atoms with Crippen LogP contribution in [-0.2, 0) is 22.6 Å². The molecule has 0 saturated carbocycles. The molecule has 6 heteroatoms. The van der Waals surface area contributed by atoms with E-state index in [2.05, 4.69) is 10.3 Å². The average molecular weight is 356 g/mol. The maximum atomic E-state index is 12.0. The Hall–Kier alpha value is -2.89. The van der Waals surface area contributed by atoms with E-state index in [1.807, 2.05) is 37.3 Å². The number of ether oxygens (including phenoxy) is 2. The van der Waals surface area contributed by atoms with Crippen molar-refractivity contribution in [3.63, 3.8) is 0 Å². The third-order valence-electron chi connectivity index (χ3n) is 3.83. The summed E-state index contributed by atoms with van der Waals surface area (Å²) in [6.45, 7) is 2.69. The predicted molar refractivity (Wildman–Crippen MR) is 98.2 cm³/mol. The largest absolute Gasteiger partial charge is 0.496 e. The number of hydrogen-bond donors (Lipinski definition) is 1. The van der Waals surface area contributed by atoms with Crippen molar-refractivity contribution in [1.82, 2.24) is 10.3 Å². The number of amides is 1. The van der Waals surface area contributed by atoms with Gasteiger partial charge in [-0.1, -0.05) is 6.07 Å². The highest BCUT2D eigenvalue weighted by atomic mass is 16.5. The molecule has 1 N–H and O–H groups in total. The van der Waals surface area contributed by atoms with Gasteiger partial charge in [-0.15, -0.1) is 0 Å². The minimum atomic E-state index is -0.582. The fourth-order valence-electron chi connectivity index (χ4n) is 2.49. The number of carbonyl (C=O) groups is 2. The number of hydrogen-bond acceptors (Lipinski definition) is 5. The van der Waals surface area contributed by atoms with E-state index < -0.39 is 11.7 Å². The Morgan fingerprint density at radius 2 is 2.04 bits per heavy atom. The summed E-state index contributed by atoms with van der Waals surface area (Å²) >= 11 is 0. The van der Waals surface area contributed by atoms with Gasteiger partial charge in [0.25, 0.3) is 5.91 Å². The van der Waals surface area contributed by atoms with Crippen LogP contribution in [0.15, 0.2) is 42.6 Å². The molecule has 0 aliphatic rings. The molecule has 0 aliphatic heterocycles. The van der Waals surface area contributed by atoms with Crippen LogP contribution < -0.4 is 14.8 Å². The normalized spacial score (nSPS) is 10.2. The standard InChI is InChI=1S/C20H24N2O4/c1-3-26-17-11-10-15(19(13-17)25-2)14-22-20(24)18(23)9-6-8-16-7-4-5-12-21-16/h4-5,7,10-13H,3,6,8-9,14H2,1-2H3,(H,22,24). The molecule has 0 saturated heterocycles. The highest BCUT2D eigenvalue weighted by molar-refractivity contribution is 6.36. The third kappa shape index (κ3) is 5.88. The second-order valence-corrected chi connectivity index (χ2v) is 5.69. The van der Waals surface area contributed by atoms with Gasteiger partial charge in [0.2, 0.25) is 5.78 Å². The molecule has 0 atom stereocenters. The van der Waals surface area contributed by atoms with Gasteiger partial charge < -0.3 is 14.8 Å². The number of benzene rings is 1. The number of methoxy groups -OCH3 is 1. The summed E-state index contributed by atoms with van der Waals surface area (Å²) in [7, 11) is 1.55. The maximum Gasteiger partial charge on any atom is 0.287 e. The smallest absolute Gasteiger partial charge is 0.287 e. The number of aromatic nitrogens is 1. The first-order valence-corrected chi connectivity index (χ1v) is 8.64. The lowest BCUT2D eigenvalue weighted by molar-refractivity contribution is -0.138. The maximum absolute atomic E-state index is 12.0. The van der Waals surface area contributed by atoms with E-state index in [0.29, 0.717) is 30.9 Å². The fraction of sp³-hybridized carbons (Fsp3) is 0.350. The van der Waals surface area contributed by atoms with Crippen molar-refractivity contribution in [3.05, 3.63) is 53.9 Å². The Kier molecular flexibility index (Phi) is 7.61. The molecule has 0 aliphatic carbocycles. The zero-order valence-electron chi connectivity index (χ0n) is 15.2. The van der Waals surface area contributed by atoms with Crippen molar-refractivity contribution in [2.45, 2.75) is 32.7 Å². The van der Waals surface area contributed by atoms with Crippen molar-refractivity contribution >= 4 is 11.7 Å². The number of nitrogens with zero attached hydrogens (tertiary/aromatic N) is 1. The summed E-state index contributed by atoms with van der Waals surface area (Å²) < 4.78 is 10.7. The molecule has 2 aromatic rings. The van der Waals surface area contributed by atoms with Gasteiger partial charge in [-0.05, 0) is 44.0 Å². The summed E-state index contributed by atoms with van der Waals surface area (Å²) in [6, 6.07) is 11.0. The molecule has 1 aromatic carbocycles. The van der Waals surface area contributed by atoms with Gasteiger partial charge in [-0.2, -0.15) is 0 Å². The van der Waals surface area contributed by atoms with Crippen LogP contribution in [0, 0.1) is 0 Å². The molecule has 1 heterocycles. The van der Waals surface area contributed by atoms with E-state index in [4.69, 9.17) is 9.47 Å². The van der Waals surface area contributed by atoms with Gasteiger partial charge in [-0.25, -0.2) is 0 Å². The SMILES string of the molecule is CCOc1ccc(CNC(=O)C(=O)CCCc2ccccn2)c(OC)c1. The van der Waals surface area contributed by atoms with E-state index >= 15 is 0 Å². The average Bonchev–Trinajstić information content (AvgIpc) is 2.67. The van der Waals surface area contributed by atoms with Gasteiger partial charge in [0, 0.05) is 36.5 Å². The molecular weight excluding hydrogens is 332 g/mol. The third-order valence-corrected chi connectivity index (χ3v) is 3.83. The highest BCUT2D eigenvalue weighted by Crippen LogP contribution is 2.24. The van der Waals surface area contributed by atoms with Gasteiger partial charge in [0.1, 0.15) is 11.5 Å². The molecule has 0 spiro atoms. The molecule has 2 rings (SSSR count). The van der Waals surface area contributed by atoms with Crippen LogP contribution in [-0.4, -0.2) is 30.4 Å². The number of rotatable bonds is 10. The van der Waals surface area contributed by atoms with E-state index in [1.165, 1.54) is 0 Å². The Bertz CT molecular complexity index is 732. The lowest BCUT2D eigenvalue weighted by atomic mass is 10.1. The van der Waals surface area contributed by atoms with Crippen molar-refractivity contribution in [1.29, 1.82) is 0 Å². The van der Waals surface area contributed by atoms with Crippen molar-refractivity contribution in [2.24, 2.45) is 0 Å². The molecule has 6 nitrogen and oxygen atoms in total. The predicted octanol–water partition coefficient (Wildman–Crippen LogP) is 2.70. The molecule has 0 radical (unpaired) electrons. The Morgan fingerprint density at radius 3 is 2.73 bits per heavy atom. The molecule has 1 amide bonds. The van der Waals surface area contributed by atoms with Crippen LogP contribution in [0.3, 0.4) is 0 Å². The summed E-state index contributed by atoms with van der Waals surface area (Å²) in [5, 5.41) is 2.65. The van der Waals surface area contributed by atoms with Crippen LogP contribution >= 0.6 is 0 Å². The van der Waals surface area contributed by atoms with Gasteiger partial charge >= 0.3 is 0 Å². The zero-order chi connectivity index (χ0) is 18.8. The first-order chi connectivity index (χ1) is 12.6. The molecular formula is C20H24N2O4. The Labute approximate surface area is 153 Å². The van der Waals surface area contributed by atoms with Crippen LogP contribution in [0.25, 0.3) is 0 Å². The lowest BCUT2D eigenvalue weighted by Crippen LogP contribution is -2.30. The second-order valence-electron chi connectivity index (χ2n) is 5.69. The second kappa shape index (κ2) is 10.2. The van der Waals surface area contributed by atoms with Crippen LogP contribution in [0.5, 0.6) is 11.5 Å². The number of aryl methyl sites for hydroxylation is 1. The molecule has 0 unspecified atom stereocenters. The summed E-state index contributed by atoms with van der Waals surface area (Å²) in [6.07, 6.45) is 3.18. The fourth-order valence-corrected chi connectivity index (χ4v) is 2.49. The van der Waals surface area contributed by atoms with Crippen molar-refractivity contribution in [3.8, 4) is 11.5 Å². The molecule has 1 aromatic heterocycles. The zero-order valence-corrected chi connectivity index (χ0v) is 15.2. The first kappa shape index (κ1) is 19.4. The molecule has 26 heavy (non-hydrogen) atoms. The Balaban J connectivity index is 1.81. The summed E-state index contributed by atoms with van der Waals surface area (Å²) in [5.41, 5.74) is 1.70. The molecule has 0 bridgehead atoms. The van der Waals surface area contributed by atoms with Gasteiger partial charge in [0.05, 0.1) is 13.7 Å². The topological polar surface area (TPSA) is 77.5 Å². The number of pyridine rings is 1.